The Labute approximate surface area is 144 Å². The van der Waals surface area contributed by atoms with Gasteiger partial charge in [-0.05, 0) is 40.9 Å². The fourth-order valence-corrected chi connectivity index (χ4v) is 2.95. The fraction of sp³-hybridized carbons (Fsp3) is 0.500. The Balaban J connectivity index is 1.43. The smallest absolute Gasteiger partial charge is 0.321 e. The normalized spacial score (nSPS) is 18.6. The summed E-state index contributed by atoms with van der Waals surface area (Å²) in [4.78, 5) is 28.0. The van der Waals surface area contributed by atoms with Crippen molar-refractivity contribution in [3.05, 3.63) is 28.7 Å². The van der Waals surface area contributed by atoms with Crippen molar-refractivity contribution in [1.29, 1.82) is 0 Å². The molecule has 3 amide bonds. The van der Waals surface area contributed by atoms with Crippen LogP contribution in [0, 0.1) is 0 Å². The number of carbonyl (C=O) groups is 2. The van der Waals surface area contributed by atoms with Crippen LogP contribution in [0.5, 0.6) is 0 Å². The van der Waals surface area contributed by atoms with E-state index in [0.717, 1.165) is 36.1 Å². The van der Waals surface area contributed by atoms with Gasteiger partial charge in [0.05, 0.1) is 12.2 Å². The molecule has 1 aromatic carbocycles. The number of piperazine rings is 1. The van der Waals surface area contributed by atoms with E-state index in [1.807, 2.05) is 24.3 Å². The average Bonchev–Trinajstić information content (AvgIpc) is 3.34. The molecule has 1 aliphatic carbocycles. The summed E-state index contributed by atoms with van der Waals surface area (Å²) in [5.74, 6) is 0.0959. The monoisotopic (exact) mass is 380 g/mol. The summed E-state index contributed by atoms with van der Waals surface area (Å²) >= 11 is 3.42. The molecule has 0 unspecified atom stereocenters. The maximum atomic E-state index is 12.3. The molecule has 3 rings (SSSR count). The van der Waals surface area contributed by atoms with Gasteiger partial charge in [-0.3, -0.25) is 9.69 Å². The van der Waals surface area contributed by atoms with Crippen molar-refractivity contribution in [1.82, 2.24) is 15.1 Å². The number of para-hydroxylation sites is 1. The predicted octanol–water partition coefficient (Wildman–Crippen LogP) is 1.88. The first-order chi connectivity index (χ1) is 11.1. The van der Waals surface area contributed by atoms with Gasteiger partial charge >= 0.3 is 6.03 Å². The molecule has 0 radical (unpaired) electrons. The molecule has 0 atom stereocenters. The molecule has 1 saturated heterocycles. The highest BCUT2D eigenvalue weighted by Gasteiger charge is 2.26. The van der Waals surface area contributed by atoms with Gasteiger partial charge in [0.2, 0.25) is 5.91 Å². The topological polar surface area (TPSA) is 64.7 Å². The summed E-state index contributed by atoms with van der Waals surface area (Å²) in [6.45, 7) is 3.14. The van der Waals surface area contributed by atoms with Crippen LogP contribution in [0.2, 0.25) is 0 Å². The number of rotatable bonds is 4. The second-order valence-corrected chi connectivity index (χ2v) is 6.87. The molecule has 124 valence electrons. The van der Waals surface area contributed by atoms with Crippen molar-refractivity contribution >= 4 is 33.6 Å². The van der Waals surface area contributed by atoms with E-state index < -0.39 is 0 Å². The van der Waals surface area contributed by atoms with E-state index in [-0.39, 0.29) is 11.9 Å². The molecule has 2 N–H and O–H groups in total. The maximum absolute atomic E-state index is 12.3. The van der Waals surface area contributed by atoms with Crippen LogP contribution in [0.25, 0.3) is 0 Å². The van der Waals surface area contributed by atoms with Gasteiger partial charge in [0.1, 0.15) is 0 Å². The molecular formula is C16H21BrN4O2. The van der Waals surface area contributed by atoms with Crippen LogP contribution in [0.1, 0.15) is 12.8 Å². The molecule has 2 aliphatic rings. The first kappa shape index (κ1) is 16.3. The van der Waals surface area contributed by atoms with E-state index in [2.05, 4.69) is 31.5 Å². The summed E-state index contributed by atoms with van der Waals surface area (Å²) in [7, 11) is 0. The van der Waals surface area contributed by atoms with Crippen LogP contribution in [-0.4, -0.2) is 60.5 Å². The highest BCUT2D eigenvalue weighted by molar-refractivity contribution is 9.10. The summed E-state index contributed by atoms with van der Waals surface area (Å²) in [5.41, 5.74) is 0.767. The van der Waals surface area contributed by atoms with Crippen molar-refractivity contribution in [3.8, 4) is 0 Å². The minimum atomic E-state index is -0.0982. The molecular weight excluding hydrogens is 360 g/mol. The summed E-state index contributed by atoms with van der Waals surface area (Å²) in [6.07, 6.45) is 2.21. The number of amides is 3. The first-order valence-electron chi connectivity index (χ1n) is 7.94. The van der Waals surface area contributed by atoms with E-state index in [1.54, 1.807) is 4.90 Å². The van der Waals surface area contributed by atoms with Crippen LogP contribution in [0.3, 0.4) is 0 Å². The summed E-state index contributed by atoms with van der Waals surface area (Å²) < 4.78 is 0.865. The molecule has 6 nitrogen and oxygen atoms in total. The predicted molar refractivity (Wildman–Crippen MR) is 92.3 cm³/mol. The van der Waals surface area contributed by atoms with Crippen molar-refractivity contribution in [2.75, 3.05) is 38.0 Å². The van der Waals surface area contributed by atoms with Crippen LogP contribution in [0.15, 0.2) is 28.7 Å². The largest absolute Gasteiger partial charge is 0.352 e. The molecule has 0 bridgehead atoms. The van der Waals surface area contributed by atoms with Gasteiger partial charge in [0.25, 0.3) is 0 Å². The van der Waals surface area contributed by atoms with Crippen LogP contribution in [-0.2, 0) is 4.79 Å². The van der Waals surface area contributed by atoms with E-state index in [0.29, 0.717) is 25.7 Å². The number of halogens is 1. The molecule has 1 aromatic rings. The number of anilines is 1. The summed E-state index contributed by atoms with van der Waals surface area (Å²) in [6, 6.07) is 7.85. The lowest BCUT2D eigenvalue weighted by molar-refractivity contribution is -0.122. The number of nitrogens with zero attached hydrogens (tertiary/aromatic N) is 2. The molecule has 0 spiro atoms. The molecule has 23 heavy (non-hydrogen) atoms. The lowest BCUT2D eigenvalue weighted by Gasteiger charge is -2.34. The quantitative estimate of drug-likeness (QED) is 0.837. The highest BCUT2D eigenvalue weighted by atomic mass is 79.9. The van der Waals surface area contributed by atoms with Gasteiger partial charge in [-0.15, -0.1) is 0 Å². The molecule has 7 heteroatoms. The Morgan fingerprint density at radius 1 is 1.13 bits per heavy atom. The van der Waals surface area contributed by atoms with Gasteiger partial charge in [0.15, 0.2) is 0 Å². The Hall–Kier alpha value is -1.60. The van der Waals surface area contributed by atoms with Crippen molar-refractivity contribution < 1.29 is 9.59 Å². The minimum Gasteiger partial charge on any atom is -0.352 e. The molecule has 1 saturated carbocycles. The third-order valence-corrected chi connectivity index (χ3v) is 4.78. The maximum Gasteiger partial charge on any atom is 0.321 e. The molecule has 1 heterocycles. The zero-order valence-electron chi connectivity index (χ0n) is 12.9. The Morgan fingerprint density at radius 2 is 1.83 bits per heavy atom. The number of hydrogen-bond donors (Lipinski definition) is 2. The Bertz CT molecular complexity index is 583. The number of carbonyl (C=O) groups excluding carboxylic acids is 2. The molecule has 2 fully saturated rings. The lowest BCUT2D eigenvalue weighted by atomic mass is 10.3. The van der Waals surface area contributed by atoms with Crippen molar-refractivity contribution in [2.24, 2.45) is 0 Å². The first-order valence-corrected chi connectivity index (χ1v) is 8.73. The highest BCUT2D eigenvalue weighted by Crippen LogP contribution is 2.21. The van der Waals surface area contributed by atoms with Crippen molar-refractivity contribution in [2.45, 2.75) is 18.9 Å². The number of hydrogen-bond acceptors (Lipinski definition) is 3. The van der Waals surface area contributed by atoms with Crippen LogP contribution >= 0.6 is 15.9 Å². The second kappa shape index (κ2) is 7.31. The Kier molecular flexibility index (Phi) is 5.17. The van der Waals surface area contributed by atoms with Gasteiger partial charge < -0.3 is 15.5 Å². The van der Waals surface area contributed by atoms with Crippen LogP contribution < -0.4 is 10.6 Å². The molecule has 1 aliphatic heterocycles. The number of nitrogens with one attached hydrogen (secondary N) is 2. The van der Waals surface area contributed by atoms with E-state index in [9.17, 15) is 9.59 Å². The third-order valence-electron chi connectivity index (χ3n) is 4.08. The average molecular weight is 381 g/mol. The van der Waals surface area contributed by atoms with E-state index >= 15 is 0 Å². The Morgan fingerprint density at radius 3 is 2.48 bits per heavy atom. The number of urea groups is 1. The van der Waals surface area contributed by atoms with E-state index in [4.69, 9.17) is 0 Å². The fourth-order valence-electron chi connectivity index (χ4n) is 2.57. The van der Waals surface area contributed by atoms with Crippen molar-refractivity contribution in [3.63, 3.8) is 0 Å². The lowest BCUT2D eigenvalue weighted by Crippen LogP contribution is -2.52. The minimum absolute atomic E-state index is 0.0959. The molecule has 0 aromatic heterocycles. The SMILES string of the molecule is O=C(CN1CCN(C(=O)Nc2ccccc2Br)CC1)NC1CC1. The van der Waals surface area contributed by atoms with Gasteiger partial charge in [0, 0.05) is 36.7 Å². The second-order valence-electron chi connectivity index (χ2n) is 6.01. The standard InChI is InChI=1S/C16H21BrN4O2/c17-13-3-1-2-4-14(13)19-16(23)21-9-7-20(8-10-21)11-15(22)18-12-5-6-12/h1-4,12H,5-11H2,(H,18,22)(H,19,23). The zero-order chi connectivity index (χ0) is 16.2. The third kappa shape index (κ3) is 4.68. The van der Waals surface area contributed by atoms with Crippen LogP contribution in [0.4, 0.5) is 10.5 Å². The van der Waals surface area contributed by atoms with Gasteiger partial charge in [-0.2, -0.15) is 0 Å². The van der Waals surface area contributed by atoms with Gasteiger partial charge in [-0.1, -0.05) is 12.1 Å². The van der Waals surface area contributed by atoms with E-state index in [1.165, 1.54) is 0 Å². The van der Waals surface area contributed by atoms with Gasteiger partial charge in [-0.25, -0.2) is 4.79 Å². The number of benzene rings is 1. The summed E-state index contributed by atoms with van der Waals surface area (Å²) in [5, 5.41) is 5.91. The zero-order valence-corrected chi connectivity index (χ0v) is 14.5.